The Morgan fingerprint density at radius 3 is 2.88 bits per heavy atom. The number of tetrazole rings is 1. The predicted molar refractivity (Wildman–Crippen MR) is 57.8 cm³/mol. The number of ether oxygens (including phenoxy) is 1. The highest BCUT2D eigenvalue weighted by molar-refractivity contribution is 4.94. The Balaban J connectivity index is 1.60. The zero-order valence-corrected chi connectivity index (χ0v) is 9.48. The van der Waals surface area contributed by atoms with Crippen LogP contribution in [0, 0.1) is 0 Å². The van der Waals surface area contributed by atoms with Gasteiger partial charge in [0, 0.05) is 6.42 Å². The van der Waals surface area contributed by atoms with Crippen LogP contribution in [-0.2, 0) is 11.2 Å². The Kier molecular flexibility index (Phi) is 2.63. The highest BCUT2D eigenvalue weighted by atomic mass is 16.5. The van der Waals surface area contributed by atoms with Crippen molar-refractivity contribution in [2.75, 3.05) is 0 Å². The minimum atomic E-state index is 0.201. The summed E-state index contributed by atoms with van der Waals surface area (Å²) in [6.45, 7) is 0. The van der Waals surface area contributed by atoms with Gasteiger partial charge in [0.1, 0.15) is 0 Å². The first-order chi connectivity index (χ1) is 7.86. The molecule has 1 aromatic heterocycles. The molecule has 1 spiro atoms. The summed E-state index contributed by atoms with van der Waals surface area (Å²) in [5.74, 6) is 0.776. The monoisotopic (exact) mass is 222 g/mol. The molecule has 2 aliphatic rings. The predicted octanol–water partition coefficient (Wildman–Crippen LogP) is 1.62. The Hall–Kier alpha value is -0.970. The summed E-state index contributed by atoms with van der Waals surface area (Å²) in [4.78, 5) is 0. The second-order valence-electron chi connectivity index (χ2n) is 5.05. The fourth-order valence-corrected chi connectivity index (χ4v) is 3.08. The smallest absolute Gasteiger partial charge is 0.177 e. The molecule has 5 heteroatoms. The molecule has 0 amide bonds. The van der Waals surface area contributed by atoms with E-state index in [4.69, 9.17) is 4.74 Å². The van der Waals surface area contributed by atoms with Crippen LogP contribution in [0.5, 0.6) is 0 Å². The van der Waals surface area contributed by atoms with Crippen LogP contribution in [0.4, 0.5) is 0 Å². The van der Waals surface area contributed by atoms with Crippen LogP contribution in [-0.4, -0.2) is 32.3 Å². The molecule has 1 aliphatic carbocycles. The third kappa shape index (κ3) is 1.96. The van der Waals surface area contributed by atoms with Crippen molar-refractivity contribution in [2.24, 2.45) is 0 Å². The quantitative estimate of drug-likeness (QED) is 0.826. The summed E-state index contributed by atoms with van der Waals surface area (Å²) in [7, 11) is 0. The van der Waals surface area contributed by atoms with Crippen LogP contribution in [0.2, 0.25) is 0 Å². The van der Waals surface area contributed by atoms with Gasteiger partial charge in [0.25, 0.3) is 0 Å². The van der Waals surface area contributed by atoms with Crippen LogP contribution in [0.25, 0.3) is 0 Å². The van der Waals surface area contributed by atoms with E-state index >= 15 is 0 Å². The van der Waals surface area contributed by atoms with Crippen molar-refractivity contribution >= 4 is 0 Å². The summed E-state index contributed by atoms with van der Waals surface area (Å²) >= 11 is 0. The second kappa shape index (κ2) is 4.13. The molecule has 1 N–H and O–H groups in total. The molecule has 0 aromatic carbocycles. The van der Waals surface area contributed by atoms with Crippen molar-refractivity contribution in [2.45, 2.75) is 63.1 Å². The number of H-pyrrole nitrogens is 1. The number of nitrogens with zero attached hydrogens (tertiary/aromatic N) is 3. The number of hydrogen-bond acceptors (Lipinski definition) is 4. The summed E-state index contributed by atoms with van der Waals surface area (Å²) in [5, 5.41) is 14.0. The third-order valence-corrected chi connectivity index (χ3v) is 3.90. The average molecular weight is 222 g/mol. The lowest BCUT2D eigenvalue weighted by Crippen LogP contribution is -2.32. The van der Waals surface area contributed by atoms with Crippen molar-refractivity contribution in [3.63, 3.8) is 0 Å². The van der Waals surface area contributed by atoms with Crippen LogP contribution in [0.3, 0.4) is 0 Å². The lowest BCUT2D eigenvalue weighted by Gasteiger charge is -2.33. The van der Waals surface area contributed by atoms with Crippen LogP contribution < -0.4 is 0 Å². The number of aromatic nitrogens is 4. The maximum atomic E-state index is 6.24. The fourth-order valence-electron chi connectivity index (χ4n) is 3.08. The van der Waals surface area contributed by atoms with Gasteiger partial charge in [0.2, 0.25) is 0 Å². The lowest BCUT2D eigenvalue weighted by molar-refractivity contribution is -0.0633. The molecule has 5 nitrogen and oxygen atoms in total. The van der Waals surface area contributed by atoms with Crippen molar-refractivity contribution in [1.82, 2.24) is 20.6 Å². The van der Waals surface area contributed by atoms with E-state index in [9.17, 15) is 0 Å². The Bertz CT molecular complexity index is 332. The molecule has 1 saturated heterocycles. The van der Waals surface area contributed by atoms with Gasteiger partial charge in [0.15, 0.2) is 5.82 Å². The zero-order valence-electron chi connectivity index (χ0n) is 9.48. The molecule has 16 heavy (non-hydrogen) atoms. The minimum Gasteiger partial charge on any atom is -0.371 e. The first kappa shape index (κ1) is 10.2. The van der Waals surface area contributed by atoms with E-state index in [1.54, 1.807) is 0 Å². The summed E-state index contributed by atoms with van der Waals surface area (Å²) in [6, 6.07) is 0. The zero-order chi connectivity index (χ0) is 10.8. The maximum Gasteiger partial charge on any atom is 0.177 e. The molecule has 2 fully saturated rings. The van der Waals surface area contributed by atoms with Gasteiger partial charge < -0.3 is 4.74 Å². The van der Waals surface area contributed by atoms with Crippen molar-refractivity contribution < 1.29 is 4.74 Å². The first-order valence-corrected chi connectivity index (χ1v) is 6.26. The van der Waals surface area contributed by atoms with Gasteiger partial charge in [-0.2, -0.15) is 5.21 Å². The molecular formula is C11H18N4O. The van der Waals surface area contributed by atoms with E-state index in [1.807, 2.05) is 0 Å². The van der Waals surface area contributed by atoms with Gasteiger partial charge in [-0.05, 0) is 25.7 Å². The van der Waals surface area contributed by atoms with Crippen LogP contribution in [0.15, 0.2) is 0 Å². The molecular weight excluding hydrogens is 204 g/mol. The SMILES string of the molecule is C1CCC2(CC1)CCC(Cc1nn[nH]n1)O2. The first-order valence-electron chi connectivity index (χ1n) is 6.26. The van der Waals surface area contributed by atoms with E-state index < -0.39 is 0 Å². The van der Waals surface area contributed by atoms with Gasteiger partial charge in [0.05, 0.1) is 11.7 Å². The molecule has 1 aromatic rings. The maximum absolute atomic E-state index is 6.24. The van der Waals surface area contributed by atoms with Gasteiger partial charge in [-0.3, -0.25) is 0 Å². The van der Waals surface area contributed by atoms with Crippen molar-refractivity contribution in [3.8, 4) is 0 Å². The average Bonchev–Trinajstić information content (AvgIpc) is 2.92. The van der Waals surface area contributed by atoms with Crippen LogP contribution in [0.1, 0.15) is 50.8 Å². The molecule has 0 radical (unpaired) electrons. The van der Waals surface area contributed by atoms with Crippen molar-refractivity contribution in [3.05, 3.63) is 5.82 Å². The number of nitrogens with one attached hydrogen (secondary N) is 1. The van der Waals surface area contributed by atoms with Crippen molar-refractivity contribution in [1.29, 1.82) is 0 Å². The van der Waals surface area contributed by atoms with Gasteiger partial charge in [-0.25, -0.2) is 0 Å². The molecule has 2 heterocycles. The van der Waals surface area contributed by atoms with E-state index in [0.29, 0.717) is 6.10 Å². The van der Waals surface area contributed by atoms with E-state index in [0.717, 1.165) is 18.7 Å². The summed E-state index contributed by atoms with van der Waals surface area (Å²) in [5.41, 5.74) is 0.201. The minimum absolute atomic E-state index is 0.201. The highest BCUT2D eigenvalue weighted by Crippen LogP contribution is 2.42. The lowest BCUT2D eigenvalue weighted by atomic mass is 9.83. The molecule has 1 atom stereocenters. The molecule has 1 saturated carbocycles. The highest BCUT2D eigenvalue weighted by Gasteiger charge is 2.40. The second-order valence-corrected chi connectivity index (χ2v) is 5.05. The van der Waals surface area contributed by atoms with Gasteiger partial charge in [-0.1, -0.05) is 24.5 Å². The largest absolute Gasteiger partial charge is 0.371 e. The standard InChI is InChI=1S/C11H18N4O/c1-2-5-11(6-3-1)7-4-9(16-11)8-10-12-14-15-13-10/h9H,1-8H2,(H,12,13,14,15). The normalized spacial score (nSPS) is 28.6. The molecule has 1 aliphatic heterocycles. The molecule has 88 valence electrons. The van der Waals surface area contributed by atoms with Crippen LogP contribution >= 0.6 is 0 Å². The van der Waals surface area contributed by atoms with Gasteiger partial charge in [-0.15, -0.1) is 10.2 Å². The fraction of sp³-hybridized carbons (Fsp3) is 0.909. The Morgan fingerprint density at radius 2 is 2.12 bits per heavy atom. The molecule has 0 bridgehead atoms. The van der Waals surface area contributed by atoms with E-state index in [1.165, 1.54) is 38.5 Å². The van der Waals surface area contributed by atoms with E-state index in [2.05, 4.69) is 20.6 Å². The van der Waals surface area contributed by atoms with E-state index in [-0.39, 0.29) is 5.60 Å². The molecule has 1 unspecified atom stereocenters. The number of rotatable bonds is 2. The molecule has 3 rings (SSSR count). The number of aromatic amines is 1. The van der Waals surface area contributed by atoms with Gasteiger partial charge >= 0.3 is 0 Å². The third-order valence-electron chi connectivity index (χ3n) is 3.90. The topological polar surface area (TPSA) is 63.7 Å². The Morgan fingerprint density at radius 1 is 1.25 bits per heavy atom. The summed E-state index contributed by atoms with van der Waals surface area (Å²) in [6.07, 6.45) is 9.99. The number of hydrogen-bond donors (Lipinski definition) is 1. The summed E-state index contributed by atoms with van der Waals surface area (Å²) < 4.78 is 6.24. The Labute approximate surface area is 95.0 Å².